The molecule has 1 aliphatic rings. The van der Waals surface area contributed by atoms with E-state index in [0.29, 0.717) is 11.5 Å². The molecule has 0 spiro atoms. The van der Waals surface area contributed by atoms with E-state index >= 15 is 0 Å². The number of aromatic amines is 1. The molecule has 2 unspecified atom stereocenters. The topological polar surface area (TPSA) is 83.8 Å². The molecule has 0 aromatic carbocycles. The van der Waals surface area contributed by atoms with Gasteiger partial charge in [0.15, 0.2) is 0 Å². The minimum atomic E-state index is -0.122. The highest BCUT2D eigenvalue weighted by Gasteiger charge is 2.18. The zero-order chi connectivity index (χ0) is 13.0. The van der Waals surface area contributed by atoms with Crippen LogP contribution in [0.25, 0.3) is 0 Å². The van der Waals surface area contributed by atoms with Crippen LogP contribution >= 0.6 is 0 Å². The van der Waals surface area contributed by atoms with Crippen LogP contribution in [0.5, 0.6) is 0 Å². The van der Waals surface area contributed by atoms with E-state index in [0.717, 1.165) is 24.8 Å². The molecular formula is C13H22N4O. The Kier molecular flexibility index (Phi) is 4.23. The van der Waals surface area contributed by atoms with Gasteiger partial charge in [0.2, 0.25) is 0 Å². The molecule has 18 heavy (non-hydrogen) atoms. The van der Waals surface area contributed by atoms with Crippen LogP contribution in [-0.4, -0.2) is 22.6 Å². The molecule has 2 rings (SSSR count). The lowest BCUT2D eigenvalue weighted by Crippen LogP contribution is -2.27. The summed E-state index contributed by atoms with van der Waals surface area (Å²) in [5.41, 5.74) is 5.89. The molecule has 1 aliphatic carbocycles. The van der Waals surface area contributed by atoms with Gasteiger partial charge < -0.3 is 11.1 Å². The predicted octanol–water partition coefficient (Wildman–Crippen LogP) is 1.94. The summed E-state index contributed by atoms with van der Waals surface area (Å²) in [7, 11) is 0. The highest BCUT2D eigenvalue weighted by atomic mass is 16.1. The third-order valence-electron chi connectivity index (χ3n) is 3.73. The summed E-state index contributed by atoms with van der Waals surface area (Å²) in [5.74, 6) is 1.83. The fourth-order valence-corrected chi connectivity index (χ4v) is 2.76. The summed E-state index contributed by atoms with van der Waals surface area (Å²) in [6.45, 7) is 3.05. The highest BCUT2D eigenvalue weighted by Crippen LogP contribution is 2.30. The second-order valence-corrected chi connectivity index (χ2v) is 5.39. The van der Waals surface area contributed by atoms with Gasteiger partial charge >= 0.3 is 0 Å². The maximum absolute atomic E-state index is 11.7. The Morgan fingerprint density at radius 3 is 3.11 bits per heavy atom. The monoisotopic (exact) mass is 250 g/mol. The van der Waals surface area contributed by atoms with Crippen molar-refractivity contribution in [2.45, 2.75) is 39.0 Å². The lowest BCUT2D eigenvalue weighted by atomic mass is 9.81. The first-order valence-electron chi connectivity index (χ1n) is 6.74. The lowest BCUT2D eigenvalue weighted by Gasteiger charge is -2.26. The van der Waals surface area contributed by atoms with Gasteiger partial charge in [-0.25, -0.2) is 0 Å². The van der Waals surface area contributed by atoms with E-state index in [9.17, 15) is 4.79 Å². The number of aromatic nitrogens is 2. The van der Waals surface area contributed by atoms with E-state index in [-0.39, 0.29) is 5.91 Å². The standard InChI is InChI=1S/C13H22N4O/c1-9-3-2-4-10(7-9)5-6-15-13(18)11-8-12(14)17-16-11/h8-10H,2-7H2,1H3,(H,15,18)(H3,14,16,17). The fourth-order valence-electron chi connectivity index (χ4n) is 2.76. The van der Waals surface area contributed by atoms with Gasteiger partial charge in [-0.15, -0.1) is 0 Å². The van der Waals surface area contributed by atoms with Crippen LogP contribution in [0.4, 0.5) is 5.82 Å². The van der Waals surface area contributed by atoms with Crippen molar-refractivity contribution in [1.82, 2.24) is 15.5 Å². The van der Waals surface area contributed by atoms with Crippen LogP contribution in [0.1, 0.15) is 49.5 Å². The molecule has 1 fully saturated rings. The Bertz CT molecular complexity index is 401. The molecule has 100 valence electrons. The predicted molar refractivity (Wildman–Crippen MR) is 71.1 cm³/mol. The van der Waals surface area contributed by atoms with Crippen LogP contribution in [0.3, 0.4) is 0 Å². The molecule has 2 atom stereocenters. The minimum absolute atomic E-state index is 0.122. The molecule has 0 aliphatic heterocycles. The minimum Gasteiger partial charge on any atom is -0.382 e. The van der Waals surface area contributed by atoms with Crippen LogP contribution in [0, 0.1) is 11.8 Å². The van der Waals surface area contributed by atoms with Gasteiger partial charge in [-0.1, -0.05) is 26.2 Å². The zero-order valence-corrected chi connectivity index (χ0v) is 10.9. The Morgan fingerprint density at radius 1 is 1.61 bits per heavy atom. The number of carbonyl (C=O) groups excluding carboxylic acids is 1. The van der Waals surface area contributed by atoms with Gasteiger partial charge in [0.05, 0.1) is 0 Å². The van der Waals surface area contributed by atoms with Crippen molar-refractivity contribution >= 4 is 11.7 Å². The number of H-pyrrole nitrogens is 1. The molecular weight excluding hydrogens is 228 g/mol. The van der Waals surface area contributed by atoms with Gasteiger partial charge in [0.1, 0.15) is 11.5 Å². The third kappa shape index (κ3) is 3.48. The second kappa shape index (κ2) is 5.89. The van der Waals surface area contributed by atoms with Crippen molar-refractivity contribution in [3.63, 3.8) is 0 Å². The van der Waals surface area contributed by atoms with E-state index in [4.69, 9.17) is 5.73 Å². The molecule has 0 saturated heterocycles. The van der Waals surface area contributed by atoms with Crippen molar-refractivity contribution < 1.29 is 4.79 Å². The number of hydrogen-bond acceptors (Lipinski definition) is 3. The number of hydrogen-bond donors (Lipinski definition) is 3. The molecule has 1 heterocycles. The maximum atomic E-state index is 11.7. The summed E-state index contributed by atoms with van der Waals surface area (Å²) in [6, 6.07) is 1.55. The molecule has 1 saturated carbocycles. The quantitative estimate of drug-likeness (QED) is 0.763. The van der Waals surface area contributed by atoms with Gasteiger partial charge in [-0.3, -0.25) is 9.89 Å². The van der Waals surface area contributed by atoms with E-state index in [1.807, 2.05) is 0 Å². The average molecular weight is 250 g/mol. The average Bonchev–Trinajstić information content (AvgIpc) is 2.76. The Hall–Kier alpha value is -1.52. The van der Waals surface area contributed by atoms with Crippen LogP contribution in [0.2, 0.25) is 0 Å². The Morgan fingerprint density at radius 2 is 2.44 bits per heavy atom. The fraction of sp³-hybridized carbons (Fsp3) is 0.692. The number of nitrogen functional groups attached to an aromatic ring is 1. The summed E-state index contributed by atoms with van der Waals surface area (Å²) >= 11 is 0. The number of nitrogens with one attached hydrogen (secondary N) is 2. The van der Waals surface area contributed by atoms with Crippen LogP contribution in [0.15, 0.2) is 6.07 Å². The molecule has 1 aromatic rings. The second-order valence-electron chi connectivity index (χ2n) is 5.39. The molecule has 5 nitrogen and oxygen atoms in total. The number of carbonyl (C=O) groups is 1. The van der Waals surface area contributed by atoms with Crippen molar-refractivity contribution in [3.8, 4) is 0 Å². The largest absolute Gasteiger partial charge is 0.382 e. The smallest absolute Gasteiger partial charge is 0.269 e. The summed E-state index contributed by atoms with van der Waals surface area (Å²) in [5, 5.41) is 9.26. The van der Waals surface area contributed by atoms with Crippen molar-refractivity contribution in [3.05, 3.63) is 11.8 Å². The van der Waals surface area contributed by atoms with Gasteiger partial charge in [0.25, 0.3) is 5.91 Å². The van der Waals surface area contributed by atoms with Crippen molar-refractivity contribution in [2.24, 2.45) is 11.8 Å². The molecule has 5 heteroatoms. The van der Waals surface area contributed by atoms with Crippen molar-refractivity contribution in [1.29, 1.82) is 0 Å². The molecule has 1 aromatic heterocycles. The zero-order valence-electron chi connectivity index (χ0n) is 10.9. The first kappa shape index (κ1) is 12.9. The van der Waals surface area contributed by atoms with Gasteiger partial charge in [-0.2, -0.15) is 5.10 Å². The van der Waals surface area contributed by atoms with E-state index in [1.165, 1.54) is 25.7 Å². The SMILES string of the molecule is CC1CCCC(CCNC(=O)c2cc(N)n[nH]2)C1. The number of amides is 1. The first-order valence-corrected chi connectivity index (χ1v) is 6.74. The molecule has 4 N–H and O–H groups in total. The number of anilines is 1. The molecule has 1 amide bonds. The number of rotatable bonds is 4. The normalized spacial score (nSPS) is 23.8. The summed E-state index contributed by atoms with van der Waals surface area (Å²) < 4.78 is 0. The van der Waals surface area contributed by atoms with Crippen LogP contribution in [-0.2, 0) is 0 Å². The third-order valence-corrected chi connectivity index (χ3v) is 3.73. The van der Waals surface area contributed by atoms with E-state index in [2.05, 4.69) is 22.4 Å². The highest BCUT2D eigenvalue weighted by molar-refractivity contribution is 5.92. The number of nitrogens with zero attached hydrogens (tertiary/aromatic N) is 1. The van der Waals surface area contributed by atoms with E-state index in [1.54, 1.807) is 6.07 Å². The van der Waals surface area contributed by atoms with E-state index < -0.39 is 0 Å². The molecule has 0 bridgehead atoms. The van der Waals surface area contributed by atoms with Gasteiger partial charge in [-0.05, 0) is 24.7 Å². The maximum Gasteiger partial charge on any atom is 0.269 e. The summed E-state index contributed by atoms with van der Waals surface area (Å²) in [4.78, 5) is 11.7. The number of nitrogens with two attached hydrogens (primary N) is 1. The van der Waals surface area contributed by atoms with Gasteiger partial charge in [0, 0.05) is 12.6 Å². The Balaban J connectivity index is 1.70. The summed E-state index contributed by atoms with van der Waals surface area (Å²) in [6.07, 6.45) is 6.36. The lowest BCUT2D eigenvalue weighted by molar-refractivity contribution is 0.0944. The van der Waals surface area contributed by atoms with Crippen LogP contribution < -0.4 is 11.1 Å². The molecule has 0 radical (unpaired) electrons. The Labute approximate surface area is 108 Å². The van der Waals surface area contributed by atoms with Crippen molar-refractivity contribution in [2.75, 3.05) is 12.3 Å². The first-order chi connectivity index (χ1) is 8.65.